The summed E-state index contributed by atoms with van der Waals surface area (Å²) in [5, 5.41) is 24.0. The van der Waals surface area contributed by atoms with Crippen molar-refractivity contribution in [2.45, 2.75) is 25.3 Å². The average Bonchev–Trinajstić information content (AvgIpc) is 2.57. The van der Waals surface area contributed by atoms with Gasteiger partial charge in [-0.1, -0.05) is 0 Å². The fourth-order valence-electron chi connectivity index (χ4n) is 1.31. The van der Waals surface area contributed by atoms with Crippen molar-refractivity contribution in [1.29, 1.82) is 0 Å². The summed E-state index contributed by atoms with van der Waals surface area (Å²) < 4.78 is 37.5. The van der Waals surface area contributed by atoms with Gasteiger partial charge in [0.2, 0.25) is 0 Å². The quantitative estimate of drug-likeness (QED) is 0.611. The molecule has 1 aromatic rings. The molecule has 0 saturated carbocycles. The van der Waals surface area contributed by atoms with Crippen LogP contribution in [0.2, 0.25) is 0 Å². The molecule has 4 nitrogen and oxygen atoms in total. The highest BCUT2D eigenvalue weighted by Crippen LogP contribution is 2.35. The molecule has 0 aromatic carbocycles. The lowest BCUT2D eigenvalue weighted by molar-refractivity contribution is -0.143. The highest BCUT2D eigenvalue weighted by atomic mass is 32.1. The van der Waals surface area contributed by atoms with E-state index < -0.39 is 29.6 Å². The minimum atomic E-state index is -4.67. The molecule has 0 saturated heterocycles. The van der Waals surface area contributed by atoms with Crippen LogP contribution < -0.4 is 0 Å². The highest BCUT2D eigenvalue weighted by molar-refractivity contribution is 7.80. The van der Waals surface area contributed by atoms with Crippen LogP contribution in [0.15, 0.2) is 0 Å². The molecule has 2 atom stereocenters. The minimum absolute atomic E-state index is 0.0701. The van der Waals surface area contributed by atoms with Crippen molar-refractivity contribution in [2.24, 2.45) is 0 Å². The maximum absolute atomic E-state index is 12.5. The number of aliphatic hydroxyl groups excluding tert-OH is 2. The van der Waals surface area contributed by atoms with Gasteiger partial charge in [0.1, 0.15) is 6.10 Å². The van der Waals surface area contributed by atoms with Gasteiger partial charge in [-0.2, -0.15) is 30.9 Å². The zero-order valence-electron chi connectivity index (χ0n) is 8.28. The number of hydrogen-bond donors (Lipinski definition) is 4. The van der Waals surface area contributed by atoms with Crippen LogP contribution in [0.3, 0.4) is 0 Å². The van der Waals surface area contributed by atoms with E-state index in [9.17, 15) is 23.4 Å². The fourth-order valence-corrected chi connectivity index (χ4v) is 1.51. The topological polar surface area (TPSA) is 69.1 Å². The number of aryl methyl sites for hydroxylation is 1. The normalized spacial score (nSPS) is 16.2. The Balaban J connectivity index is 3.17. The highest BCUT2D eigenvalue weighted by Gasteiger charge is 2.40. The Morgan fingerprint density at radius 3 is 2.44 bits per heavy atom. The molecule has 0 aliphatic heterocycles. The molecule has 0 spiro atoms. The molecule has 1 aromatic heterocycles. The van der Waals surface area contributed by atoms with Crippen LogP contribution in [0, 0.1) is 6.92 Å². The summed E-state index contributed by atoms with van der Waals surface area (Å²) >= 11 is 3.71. The summed E-state index contributed by atoms with van der Waals surface area (Å²) in [4.78, 5) is 0. The van der Waals surface area contributed by atoms with E-state index in [1.807, 2.05) is 0 Å². The number of nitrogens with zero attached hydrogens (tertiary/aromatic N) is 1. The van der Waals surface area contributed by atoms with E-state index in [0.717, 1.165) is 0 Å². The second-order valence-corrected chi connectivity index (χ2v) is 3.67. The number of H-pyrrole nitrogens is 1. The molecule has 0 fully saturated rings. The molecule has 0 radical (unpaired) electrons. The second-order valence-electron chi connectivity index (χ2n) is 3.30. The molecule has 16 heavy (non-hydrogen) atoms. The van der Waals surface area contributed by atoms with Crippen LogP contribution in [0.25, 0.3) is 0 Å². The Morgan fingerprint density at radius 2 is 2.00 bits per heavy atom. The van der Waals surface area contributed by atoms with E-state index in [1.54, 1.807) is 0 Å². The molecule has 1 rings (SSSR count). The Labute approximate surface area is 94.9 Å². The predicted octanol–water partition coefficient (Wildman–Crippen LogP) is 1.06. The minimum Gasteiger partial charge on any atom is -0.389 e. The van der Waals surface area contributed by atoms with Crippen molar-refractivity contribution < 1.29 is 23.4 Å². The lowest BCUT2D eigenvalue weighted by Gasteiger charge is -2.17. The molecule has 3 N–H and O–H groups in total. The van der Waals surface area contributed by atoms with E-state index in [1.165, 1.54) is 6.92 Å². The Bertz CT molecular complexity index is 367. The van der Waals surface area contributed by atoms with Crippen molar-refractivity contribution in [2.75, 3.05) is 5.75 Å². The zero-order chi connectivity index (χ0) is 12.5. The van der Waals surface area contributed by atoms with Crippen molar-refractivity contribution >= 4 is 12.6 Å². The Hall–Kier alpha value is -0.730. The molecular formula is C8H11F3N2O2S. The fraction of sp³-hybridized carbons (Fsp3) is 0.625. The third kappa shape index (κ3) is 2.50. The van der Waals surface area contributed by atoms with Gasteiger partial charge in [-0.3, -0.25) is 5.10 Å². The first-order chi connectivity index (χ1) is 7.29. The summed E-state index contributed by atoms with van der Waals surface area (Å²) in [5.41, 5.74) is -1.58. The zero-order valence-corrected chi connectivity index (χ0v) is 9.18. The molecular weight excluding hydrogens is 245 g/mol. The molecule has 92 valence electrons. The summed E-state index contributed by atoms with van der Waals surface area (Å²) in [7, 11) is 0. The largest absolute Gasteiger partial charge is 0.435 e. The van der Waals surface area contributed by atoms with E-state index in [4.69, 9.17) is 0 Å². The van der Waals surface area contributed by atoms with Gasteiger partial charge in [-0.15, -0.1) is 0 Å². The van der Waals surface area contributed by atoms with Crippen LogP contribution in [0.4, 0.5) is 13.2 Å². The number of nitrogens with one attached hydrogen (secondary N) is 1. The first kappa shape index (κ1) is 13.3. The maximum Gasteiger partial charge on any atom is 0.435 e. The average molecular weight is 256 g/mol. The number of thiol groups is 1. The smallest absolute Gasteiger partial charge is 0.389 e. The van der Waals surface area contributed by atoms with Crippen LogP contribution >= 0.6 is 12.6 Å². The van der Waals surface area contributed by atoms with Gasteiger partial charge < -0.3 is 10.2 Å². The van der Waals surface area contributed by atoms with Crippen molar-refractivity contribution in [1.82, 2.24) is 10.2 Å². The number of aliphatic hydroxyl groups is 2. The lowest BCUT2D eigenvalue weighted by atomic mass is 10.0. The summed E-state index contributed by atoms with van der Waals surface area (Å²) in [6, 6.07) is 0. The summed E-state index contributed by atoms with van der Waals surface area (Å²) in [6.07, 6.45) is -7.70. The van der Waals surface area contributed by atoms with Crippen LogP contribution in [-0.4, -0.2) is 32.3 Å². The van der Waals surface area contributed by atoms with E-state index in [2.05, 4.69) is 22.8 Å². The monoisotopic (exact) mass is 256 g/mol. The van der Waals surface area contributed by atoms with Crippen molar-refractivity contribution in [3.63, 3.8) is 0 Å². The number of rotatable bonds is 3. The predicted molar refractivity (Wildman–Crippen MR) is 53.1 cm³/mol. The molecule has 2 unspecified atom stereocenters. The summed E-state index contributed by atoms with van der Waals surface area (Å²) in [6.45, 7) is 1.34. The molecule has 0 amide bonds. The Morgan fingerprint density at radius 1 is 1.44 bits per heavy atom. The first-order valence-corrected chi connectivity index (χ1v) is 5.01. The van der Waals surface area contributed by atoms with Gasteiger partial charge in [0.05, 0.1) is 6.10 Å². The number of aromatic nitrogens is 2. The third-order valence-corrected chi connectivity index (χ3v) is 2.48. The van der Waals surface area contributed by atoms with Crippen LogP contribution in [0.5, 0.6) is 0 Å². The van der Waals surface area contributed by atoms with Gasteiger partial charge in [0.25, 0.3) is 0 Å². The first-order valence-electron chi connectivity index (χ1n) is 4.38. The maximum atomic E-state index is 12.5. The molecule has 0 bridgehead atoms. The molecule has 0 aliphatic carbocycles. The SMILES string of the molecule is Cc1[nH]nc(C(F)(F)F)c1C(O)C(O)CS. The Kier molecular flexibility index (Phi) is 3.87. The van der Waals surface area contributed by atoms with Gasteiger partial charge in [-0.25, -0.2) is 0 Å². The van der Waals surface area contributed by atoms with Gasteiger partial charge >= 0.3 is 6.18 Å². The number of hydrogen-bond acceptors (Lipinski definition) is 4. The van der Waals surface area contributed by atoms with Crippen molar-refractivity contribution in [3.05, 3.63) is 17.0 Å². The van der Waals surface area contributed by atoms with E-state index >= 15 is 0 Å². The number of aromatic amines is 1. The van der Waals surface area contributed by atoms with Gasteiger partial charge in [0, 0.05) is 17.0 Å². The third-order valence-electron chi connectivity index (χ3n) is 2.11. The van der Waals surface area contributed by atoms with E-state index in [0.29, 0.717) is 0 Å². The number of halogens is 3. The lowest BCUT2D eigenvalue weighted by Crippen LogP contribution is -2.23. The number of alkyl halides is 3. The second kappa shape index (κ2) is 4.64. The summed E-state index contributed by atoms with van der Waals surface area (Å²) in [5.74, 6) is -0.150. The van der Waals surface area contributed by atoms with E-state index in [-0.39, 0.29) is 11.4 Å². The standard InChI is InChI=1S/C8H11F3N2O2S/c1-3-5(6(15)4(14)2-16)7(13-12-3)8(9,10)11/h4,6,14-16H,2H2,1H3,(H,12,13). The van der Waals surface area contributed by atoms with Gasteiger partial charge in [0.15, 0.2) is 5.69 Å². The molecule has 8 heteroatoms. The van der Waals surface area contributed by atoms with Gasteiger partial charge in [-0.05, 0) is 6.92 Å². The molecule has 1 heterocycles. The van der Waals surface area contributed by atoms with Crippen molar-refractivity contribution in [3.8, 4) is 0 Å². The van der Waals surface area contributed by atoms with Crippen LogP contribution in [0.1, 0.15) is 23.1 Å². The molecule has 0 aliphatic rings. The van der Waals surface area contributed by atoms with Crippen LogP contribution in [-0.2, 0) is 6.18 Å².